The van der Waals surface area contributed by atoms with Crippen molar-refractivity contribution in [3.8, 4) is 17.1 Å². The van der Waals surface area contributed by atoms with Crippen LogP contribution in [0.4, 0.5) is 0 Å². The number of rotatable bonds is 8. The number of ether oxygens (including phenoxy) is 1. The number of aromatic nitrogens is 2. The maximum atomic E-state index is 5.41. The zero-order chi connectivity index (χ0) is 16.8. The Morgan fingerprint density at radius 1 is 1.29 bits per heavy atom. The third-order valence-corrected chi connectivity index (χ3v) is 4.36. The average molecular weight is 341 g/mol. The molecule has 2 aromatic heterocycles. The summed E-state index contributed by atoms with van der Waals surface area (Å²) >= 11 is 1.74. The first-order valence-corrected chi connectivity index (χ1v) is 8.49. The summed E-state index contributed by atoms with van der Waals surface area (Å²) in [7, 11) is 1.64. The fourth-order valence-corrected chi connectivity index (χ4v) is 3.13. The Bertz CT molecular complexity index is 783. The molecule has 6 heteroatoms. The van der Waals surface area contributed by atoms with E-state index in [0.717, 1.165) is 24.4 Å². The zero-order valence-corrected chi connectivity index (χ0v) is 14.3. The maximum Gasteiger partial charge on any atom is 0.241 e. The molecule has 3 rings (SSSR count). The molecule has 0 aliphatic heterocycles. The van der Waals surface area contributed by atoms with Crippen LogP contribution < -0.4 is 4.74 Å². The molecule has 2 heterocycles. The Labute approximate surface area is 145 Å². The van der Waals surface area contributed by atoms with Gasteiger partial charge in [0.15, 0.2) is 0 Å². The van der Waals surface area contributed by atoms with Crippen LogP contribution >= 0.6 is 11.3 Å². The lowest BCUT2D eigenvalue weighted by molar-refractivity contribution is 0.241. The molecule has 0 amide bonds. The molecule has 0 fully saturated rings. The minimum Gasteiger partial charge on any atom is -0.497 e. The fraction of sp³-hybridized carbons (Fsp3) is 0.222. The molecular weight excluding hydrogens is 322 g/mol. The Morgan fingerprint density at radius 2 is 2.21 bits per heavy atom. The van der Waals surface area contributed by atoms with Gasteiger partial charge in [-0.25, -0.2) is 0 Å². The van der Waals surface area contributed by atoms with Crippen LogP contribution in [-0.4, -0.2) is 28.7 Å². The molecule has 0 atom stereocenters. The van der Waals surface area contributed by atoms with Gasteiger partial charge in [-0.1, -0.05) is 29.4 Å². The second kappa shape index (κ2) is 7.90. The number of hydrogen-bond donors (Lipinski definition) is 0. The van der Waals surface area contributed by atoms with Gasteiger partial charge >= 0.3 is 0 Å². The lowest BCUT2D eigenvalue weighted by atomic mass is 10.2. The molecule has 5 nitrogen and oxygen atoms in total. The van der Waals surface area contributed by atoms with E-state index in [0.29, 0.717) is 18.3 Å². The van der Waals surface area contributed by atoms with Crippen LogP contribution in [-0.2, 0) is 13.1 Å². The summed E-state index contributed by atoms with van der Waals surface area (Å²) in [6, 6.07) is 11.8. The molecule has 0 unspecified atom stereocenters. The number of hydrogen-bond acceptors (Lipinski definition) is 6. The van der Waals surface area contributed by atoms with Gasteiger partial charge in [0.2, 0.25) is 11.7 Å². The van der Waals surface area contributed by atoms with Crippen LogP contribution in [0.2, 0.25) is 0 Å². The van der Waals surface area contributed by atoms with Crippen molar-refractivity contribution in [3.05, 3.63) is 65.2 Å². The number of benzene rings is 1. The first-order chi connectivity index (χ1) is 11.8. The van der Waals surface area contributed by atoms with E-state index in [1.807, 2.05) is 30.3 Å². The summed E-state index contributed by atoms with van der Waals surface area (Å²) < 4.78 is 10.6. The van der Waals surface area contributed by atoms with E-state index in [4.69, 9.17) is 9.26 Å². The number of nitrogens with zero attached hydrogens (tertiary/aromatic N) is 3. The Morgan fingerprint density at radius 3 is 2.96 bits per heavy atom. The summed E-state index contributed by atoms with van der Waals surface area (Å²) in [4.78, 5) is 8.01. The summed E-state index contributed by atoms with van der Waals surface area (Å²) in [6.45, 7) is 6.00. The molecule has 0 saturated carbocycles. The van der Waals surface area contributed by atoms with Gasteiger partial charge in [-0.05, 0) is 23.6 Å². The minimum absolute atomic E-state index is 0.568. The highest BCUT2D eigenvalue weighted by Gasteiger charge is 2.13. The monoisotopic (exact) mass is 341 g/mol. The number of methoxy groups -OCH3 is 1. The van der Waals surface area contributed by atoms with Crippen LogP contribution in [0.3, 0.4) is 0 Å². The molecule has 124 valence electrons. The Hall–Kier alpha value is -2.44. The van der Waals surface area contributed by atoms with Crippen molar-refractivity contribution < 1.29 is 9.26 Å². The minimum atomic E-state index is 0.568. The van der Waals surface area contributed by atoms with Crippen molar-refractivity contribution in [3.63, 3.8) is 0 Å². The van der Waals surface area contributed by atoms with Crippen LogP contribution in [0.5, 0.6) is 5.75 Å². The molecule has 0 spiro atoms. The predicted octanol–water partition coefficient (Wildman–Crippen LogP) is 3.99. The second-order valence-electron chi connectivity index (χ2n) is 5.28. The van der Waals surface area contributed by atoms with Gasteiger partial charge in [0, 0.05) is 23.5 Å². The topological polar surface area (TPSA) is 51.4 Å². The van der Waals surface area contributed by atoms with Gasteiger partial charge < -0.3 is 9.26 Å². The first kappa shape index (κ1) is 16.4. The molecular formula is C18H19N3O2S. The standard InChI is InChI=1S/C18H19N3O2S/c1-3-9-21(12-16-8-5-10-24-16)13-17-19-18(20-23-17)14-6-4-7-15(11-14)22-2/h3-8,10-11H,1,9,12-13H2,2H3. The van der Waals surface area contributed by atoms with Crippen molar-refractivity contribution in [2.45, 2.75) is 13.1 Å². The highest BCUT2D eigenvalue weighted by Crippen LogP contribution is 2.22. The quantitative estimate of drug-likeness (QED) is 0.580. The average Bonchev–Trinajstić information content (AvgIpc) is 3.27. The third-order valence-electron chi connectivity index (χ3n) is 3.50. The van der Waals surface area contributed by atoms with E-state index in [2.05, 4.69) is 39.1 Å². The van der Waals surface area contributed by atoms with Crippen LogP contribution in [0.15, 0.2) is 59.0 Å². The third kappa shape index (κ3) is 4.10. The van der Waals surface area contributed by atoms with Crippen molar-refractivity contribution >= 4 is 11.3 Å². The van der Waals surface area contributed by atoms with Crippen molar-refractivity contribution in [1.82, 2.24) is 15.0 Å². The lowest BCUT2D eigenvalue weighted by Crippen LogP contribution is -2.22. The van der Waals surface area contributed by atoms with E-state index in [-0.39, 0.29) is 0 Å². The zero-order valence-electron chi connectivity index (χ0n) is 13.5. The molecule has 0 aliphatic carbocycles. The maximum absolute atomic E-state index is 5.41. The van der Waals surface area contributed by atoms with E-state index in [1.165, 1.54) is 4.88 Å². The van der Waals surface area contributed by atoms with Crippen LogP contribution in [0.25, 0.3) is 11.4 Å². The van der Waals surface area contributed by atoms with Crippen molar-refractivity contribution in [2.75, 3.05) is 13.7 Å². The SMILES string of the molecule is C=CCN(Cc1nc(-c2cccc(OC)c2)no1)Cc1cccs1. The van der Waals surface area contributed by atoms with E-state index in [1.54, 1.807) is 18.4 Å². The van der Waals surface area contributed by atoms with E-state index >= 15 is 0 Å². The van der Waals surface area contributed by atoms with E-state index in [9.17, 15) is 0 Å². The largest absolute Gasteiger partial charge is 0.497 e. The van der Waals surface area contributed by atoms with Crippen LogP contribution in [0, 0.1) is 0 Å². The molecule has 0 aliphatic rings. The fourth-order valence-electron chi connectivity index (χ4n) is 2.38. The van der Waals surface area contributed by atoms with Gasteiger partial charge in [-0.15, -0.1) is 17.9 Å². The van der Waals surface area contributed by atoms with Crippen molar-refractivity contribution in [1.29, 1.82) is 0 Å². The molecule has 3 aromatic rings. The summed E-state index contributed by atoms with van der Waals surface area (Å²) in [5.74, 6) is 1.93. The smallest absolute Gasteiger partial charge is 0.241 e. The van der Waals surface area contributed by atoms with Gasteiger partial charge in [-0.2, -0.15) is 4.98 Å². The lowest BCUT2D eigenvalue weighted by Gasteiger charge is -2.17. The Balaban J connectivity index is 1.72. The molecule has 0 N–H and O–H groups in total. The number of thiophene rings is 1. The molecule has 0 radical (unpaired) electrons. The summed E-state index contributed by atoms with van der Waals surface area (Å²) in [6.07, 6.45) is 1.88. The predicted molar refractivity (Wildman–Crippen MR) is 94.9 cm³/mol. The van der Waals surface area contributed by atoms with Gasteiger partial charge in [0.25, 0.3) is 0 Å². The first-order valence-electron chi connectivity index (χ1n) is 7.61. The molecule has 0 saturated heterocycles. The highest BCUT2D eigenvalue weighted by molar-refractivity contribution is 7.09. The second-order valence-corrected chi connectivity index (χ2v) is 6.31. The van der Waals surface area contributed by atoms with Crippen molar-refractivity contribution in [2.24, 2.45) is 0 Å². The molecule has 1 aromatic carbocycles. The molecule has 24 heavy (non-hydrogen) atoms. The van der Waals surface area contributed by atoms with Gasteiger partial charge in [0.05, 0.1) is 13.7 Å². The normalized spacial score (nSPS) is 10.9. The highest BCUT2D eigenvalue weighted by atomic mass is 32.1. The summed E-state index contributed by atoms with van der Waals surface area (Å²) in [5, 5.41) is 6.16. The molecule has 0 bridgehead atoms. The van der Waals surface area contributed by atoms with Crippen LogP contribution in [0.1, 0.15) is 10.8 Å². The van der Waals surface area contributed by atoms with Gasteiger partial charge in [-0.3, -0.25) is 4.90 Å². The van der Waals surface area contributed by atoms with E-state index < -0.39 is 0 Å². The Kier molecular flexibility index (Phi) is 5.40. The summed E-state index contributed by atoms with van der Waals surface area (Å²) in [5.41, 5.74) is 0.873. The van der Waals surface area contributed by atoms with Gasteiger partial charge in [0.1, 0.15) is 5.75 Å².